The van der Waals surface area contributed by atoms with Crippen LogP contribution in [0.15, 0.2) is 24.3 Å². The predicted octanol–water partition coefficient (Wildman–Crippen LogP) is 0.472. The van der Waals surface area contributed by atoms with E-state index in [-0.39, 0.29) is 17.7 Å². The lowest BCUT2D eigenvalue weighted by Crippen LogP contribution is -2.51. The highest BCUT2D eigenvalue weighted by Gasteiger charge is 2.22. The first-order valence-corrected chi connectivity index (χ1v) is 7.07. The molecule has 5 nitrogen and oxygen atoms in total. The van der Waals surface area contributed by atoms with Crippen LogP contribution in [0.2, 0.25) is 0 Å². The molecule has 1 aliphatic rings. The van der Waals surface area contributed by atoms with Crippen LogP contribution in [0.3, 0.4) is 0 Å². The van der Waals surface area contributed by atoms with E-state index in [0.29, 0.717) is 6.42 Å². The van der Waals surface area contributed by atoms with Gasteiger partial charge in [0.2, 0.25) is 5.91 Å². The minimum Gasteiger partial charge on any atom is -0.508 e. The molecule has 0 spiro atoms. The number of hydrogen-bond acceptors (Lipinski definition) is 4. The van der Waals surface area contributed by atoms with Gasteiger partial charge >= 0.3 is 0 Å². The molecule has 1 amide bonds. The Morgan fingerprint density at radius 3 is 2.85 bits per heavy atom. The normalized spacial score (nSPS) is 21.4. The molecule has 2 rings (SSSR count). The Kier molecular flexibility index (Phi) is 4.98. The Morgan fingerprint density at radius 1 is 1.50 bits per heavy atom. The molecule has 0 bridgehead atoms. The van der Waals surface area contributed by atoms with Crippen LogP contribution >= 0.6 is 0 Å². The van der Waals surface area contributed by atoms with E-state index < -0.39 is 6.04 Å². The average molecular weight is 277 g/mol. The number of carbonyl (C=O) groups is 1. The average Bonchev–Trinajstić information content (AvgIpc) is 2.41. The minimum atomic E-state index is -0.549. The Morgan fingerprint density at radius 2 is 2.20 bits per heavy atom. The van der Waals surface area contributed by atoms with Gasteiger partial charge in [-0.3, -0.25) is 4.79 Å². The van der Waals surface area contributed by atoms with Crippen molar-refractivity contribution in [3.63, 3.8) is 0 Å². The molecule has 20 heavy (non-hydrogen) atoms. The van der Waals surface area contributed by atoms with Gasteiger partial charge in [-0.05, 0) is 50.6 Å². The zero-order chi connectivity index (χ0) is 14.5. The van der Waals surface area contributed by atoms with E-state index in [1.54, 1.807) is 24.3 Å². The highest BCUT2D eigenvalue weighted by molar-refractivity contribution is 5.82. The summed E-state index contributed by atoms with van der Waals surface area (Å²) in [5, 5.41) is 12.3. The fourth-order valence-corrected chi connectivity index (χ4v) is 2.57. The van der Waals surface area contributed by atoms with Crippen molar-refractivity contribution in [3.8, 4) is 5.75 Å². The largest absolute Gasteiger partial charge is 0.508 e. The molecule has 0 aliphatic carbocycles. The Bertz CT molecular complexity index is 447. The van der Waals surface area contributed by atoms with Crippen molar-refractivity contribution in [1.82, 2.24) is 10.2 Å². The number of phenolic OH excluding ortho intramolecular Hbond substituents is 1. The summed E-state index contributed by atoms with van der Waals surface area (Å²) in [4.78, 5) is 14.3. The number of benzene rings is 1. The first-order valence-electron chi connectivity index (χ1n) is 7.07. The van der Waals surface area contributed by atoms with Crippen LogP contribution in [0.5, 0.6) is 5.75 Å². The molecule has 110 valence electrons. The molecule has 0 radical (unpaired) electrons. The highest BCUT2D eigenvalue weighted by atomic mass is 16.3. The van der Waals surface area contributed by atoms with Crippen molar-refractivity contribution >= 4 is 5.91 Å². The van der Waals surface area contributed by atoms with Crippen molar-refractivity contribution in [3.05, 3.63) is 29.8 Å². The van der Waals surface area contributed by atoms with Gasteiger partial charge in [-0.2, -0.15) is 0 Å². The lowest BCUT2D eigenvalue weighted by Gasteiger charge is -2.30. The fourth-order valence-electron chi connectivity index (χ4n) is 2.57. The van der Waals surface area contributed by atoms with E-state index >= 15 is 0 Å². The third kappa shape index (κ3) is 4.21. The summed E-state index contributed by atoms with van der Waals surface area (Å²) in [7, 11) is 2.06. The summed E-state index contributed by atoms with van der Waals surface area (Å²) in [6, 6.07) is 6.44. The van der Waals surface area contributed by atoms with Crippen molar-refractivity contribution in [2.45, 2.75) is 31.3 Å². The fraction of sp³-hybridized carbons (Fsp3) is 0.533. The van der Waals surface area contributed by atoms with Crippen molar-refractivity contribution in [2.24, 2.45) is 5.73 Å². The number of likely N-dealkylation sites (N-methyl/N-ethyl adjacent to an activating group) is 1. The summed E-state index contributed by atoms with van der Waals surface area (Å²) in [5.74, 6) is 0.121. The molecular formula is C15H23N3O2. The topological polar surface area (TPSA) is 78.6 Å². The standard InChI is InChI=1S/C15H23N3O2/c1-18-8-2-3-12(10-18)17-15(20)14(16)9-11-4-6-13(19)7-5-11/h4-7,12,14,19H,2-3,8-10,16H2,1H3,(H,17,20)/t12?,14-/m1/s1. The molecule has 1 aliphatic heterocycles. The third-order valence-corrected chi connectivity index (χ3v) is 3.70. The lowest BCUT2D eigenvalue weighted by molar-refractivity contribution is -0.123. The second-order valence-electron chi connectivity index (χ2n) is 5.59. The van der Waals surface area contributed by atoms with E-state index in [1.807, 2.05) is 0 Å². The third-order valence-electron chi connectivity index (χ3n) is 3.70. The van der Waals surface area contributed by atoms with Crippen LogP contribution in [0.25, 0.3) is 0 Å². The van der Waals surface area contributed by atoms with E-state index in [9.17, 15) is 9.90 Å². The number of piperidine rings is 1. The quantitative estimate of drug-likeness (QED) is 0.747. The molecule has 1 saturated heterocycles. The molecule has 0 aromatic heterocycles. The monoisotopic (exact) mass is 277 g/mol. The number of likely N-dealkylation sites (tertiary alicyclic amines) is 1. The first kappa shape index (κ1) is 14.8. The van der Waals surface area contributed by atoms with Crippen molar-refractivity contribution in [1.29, 1.82) is 0 Å². The molecule has 1 unspecified atom stereocenters. The maximum atomic E-state index is 12.1. The van der Waals surface area contributed by atoms with Crippen LogP contribution in [-0.4, -0.2) is 48.1 Å². The summed E-state index contributed by atoms with van der Waals surface area (Å²) in [6.07, 6.45) is 2.60. The van der Waals surface area contributed by atoms with Crippen LogP contribution < -0.4 is 11.1 Å². The summed E-state index contributed by atoms with van der Waals surface area (Å²) >= 11 is 0. The second-order valence-corrected chi connectivity index (χ2v) is 5.59. The van der Waals surface area contributed by atoms with Gasteiger partial charge in [-0.1, -0.05) is 12.1 Å². The number of nitrogens with zero attached hydrogens (tertiary/aromatic N) is 1. The zero-order valence-electron chi connectivity index (χ0n) is 11.9. The summed E-state index contributed by atoms with van der Waals surface area (Å²) < 4.78 is 0. The van der Waals surface area contributed by atoms with E-state index in [1.165, 1.54) is 0 Å². The number of nitrogens with two attached hydrogens (primary N) is 1. The van der Waals surface area contributed by atoms with Crippen molar-refractivity contribution in [2.75, 3.05) is 20.1 Å². The van der Waals surface area contributed by atoms with Gasteiger partial charge in [-0.25, -0.2) is 0 Å². The Hall–Kier alpha value is -1.59. The number of nitrogens with one attached hydrogen (secondary N) is 1. The SMILES string of the molecule is CN1CCCC(NC(=O)[C@H](N)Cc2ccc(O)cc2)C1. The lowest BCUT2D eigenvalue weighted by atomic mass is 10.0. The Balaban J connectivity index is 1.83. The van der Waals surface area contributed by atoms with E-state index in [4.69, 9.17) is 5.73 Å². The number of amides is 1. The van der Waals surface area contributed by atoms with Crippen LogP contribution in [0.4, 0.5) is 0 Å². The first-order chi connectivity index (χ1) is 9.54. The highest BCUT2D eigenvalue weighted by Crippen LogP contribution is 2.12. The van der Waals surface area contributed by atoms with Crippen LogP contribution in [0.1, 0.15) is 18.4 Å². The predicted molar refractivity (Wildman–Crippen MR) is 78.4 cm³/mol. The van der Waals surface area contributed by atoms with Crippen molar-refractivity contribution < 1.29 is 9.90 Å². The number of aromatic hydroxyl groups is 1. The van der Waals surface area contributed by atoms with Gasteiger partial charge < -0.3 is 21.1 Å². The number of rotatable bonds is 4. The molecule has 4 N–H and O–H groups in total. The Labute approximate surface area is 119 Å². The second kappa shape index (κ2) is 6.72. The van der Waals surface area contributed by atoms with E-state index in [0.717, 1.165) is 31.5 Å². The van der Waals surface area contributed by atoms with Gasteiger partial charge in [0, 0.05) is 12.6 Å². The smallest absolute Gasteiger partial charge is 0.237 e. The molecular weight excluding hydrogens is 254 g/mol. The number of phenols is 1. The number of hydrogen-bond donors (Lipinski definition) is 3. The molecule has 5 heteroatoms. The molecule has 1 aromatic rings. The molecule has 1 heterocycles. The summed E-state index contributed by atoms with van der Waals surface area (Å²) in [5.41, 5.74) is 6.90. The van der Waals surface area contributed by atoms with Crippen LogP contribution in [-0.2, 0) is 11.2 Å². The van der Waals surface area contributed by atoms with Gasteiger partial charge in [0.05, 0.1) is 6.04 Å². The summed E-state index contributed by atoms with van der Waals surface area (Å²) in [6.45, 7) is 1.98. The molecule has 0 saturated carbocycles. The van der Waals surface area contributed by atoms with Gasteiger partial charge in [0.15, 0.2) is 0 Å². The molecule has 1 aromatic carbocycles. The maximum Gasteiger partial charge on any atom is 0.237 e. The maximum absolute atomic E-state index is 12.1. The van der Waals surface area contributed by atoms with Gasteiger partial charge in [0.1, 0.15) is 5.75 Å². The van der Waals surface area contributed by atoms with Gasteiger partial charge in [-0.15, -0.1) is 0 Å². The van der Waals surface area contributed by atoms with Crippen LogP contribution in [0, 0.1) is 0 Å². The van der Waals surface area contributed by atoms with E-state index in [2.05, 4.69) is 17.3 Å². The molecule has 1 fully saturated rings. The molecule has 2 atom stereocenters. The minimum absolute atomic E-state index is 0.0987. The zero-order valence-corrected chi connectivity index (χ0v) is 11.9. The van der Waals surface area contributed by atoms with Gasteiger partial charge in [0.25, 0.3) is 0 Å². The number of carbonyl (C=O) groups excluding carboxylic acids is 1.